The minimum atomic E-state index is -0.379. The third-order valence-corrected chi connectivity index (χ3v) is 4.25. The van der Waals surface area contributed by atoms with Gasteiger partial charge in [0, 0.05) is 44.3 Å². The van der Waals surface area contributed by atoms with Crippen molar-refractivity contribution in [2.75, 3.05) is 36.4 Å². The first-order valence-electron chi connectivity index (χ1n) is 8.62. The molecule has 3 rings (SSSR count). The van der Waals surface area contributed by atoms with Crippen molar-refractivity contribution in [3.63, 3.8) is 0 Å². The number of para-hydroxylation sites is 1. The summed E-state index contributed by atoms with van der Waals surface area (Å²) in [6.45, 7) is 4.45. The SMILES string of the molecule is CC(=O)C(=CN1CCN(c2ccccn2)CC1)C(=O)Nc1ccccc1. The standard InChI is InChI=1S/C20H22N4O2/c1-16(25)18(20(26)22-17-7-3-2-4-8-17)15-23-11-13-24(14-12-23)19-9-5-6-10-21-19/h2-10,15H,11-14H2,1H3,(H,22,26). The highest BCUT2D eigenvalue weighted by Crippen LogP contribution is 2.14. The van der Waals surface area contributed by atoms with Crippen LogP contribution in [0.1, 0.15) is 6.92 Å². The van der Waals surface area contributed by atoms with Gasteiger partial charge in [0.2, 0.25) is 0 Å². The number of aromatic nitrogens is 1. The van der Waals surface area contributed by atoms with Gasteiger partial charge in [0.1, 0.15) is 5.82 Å². The monoisotopic (exact) mass is 350 g/mol. The van der Waals surface area contributed by atoms with Gasteiger partial charge in [-0.2, -0.15) is 0 Å². The third-order valence-electron chi connectivity index (χ3n) is 4.25. The number of hydrogen-bond donors (Lipinski definition) is 1. The highest BCUT2D eigenvalue weighted by atomic mass is 16.2. The van der Waals surface area contributed by atoms with Crippen LogP contribution in [-0.4, -0.2) is 47.8 Å². The molecule has 1 aliphatic heterocycles. The van der Waals surface area contributed by atoms with E-state index >= 15 is 0 Å². The minimum Gasteiger partial charge on any atom is -0.373 e. The van der Waals surface area contributed by atoms with E-state index in [1.54, 1.807) is 24.5 Å². The second kappa shape index (κ2) is 8.29. The lowest BCUT2D eigenvalue weighted by Gasteiger charge is -2.35. The molecule has 2 aromatic rings. The Morgan fingerprint density at radius 3 is 2.31 bits per heavy atom. The van der Waals surface area contributed by atoms with Gasteiger partial charge in [-0.3, -0.25) is 9.59 Å². The van der Waals surface area contributed by atoms with Crippen LogP contribution in [0.2, 0.25) is 0 Å². The summed E-state index contributed by atoms with van der Waals surface area (Å²) >= 11 is 0. The molecule has 0 unspecified atom stereocenters. The summed E-state index contributed by atoms with van der Waals surface area (Å²) in [5, 5.41) is 2.77. The average Bonchev–Trinajstić information content (AvgIpc) is 2.68. The number of piperazine rings is 1. The number of ketones is 1. The topological polar surface area (TPSA) is 65.5 Å². The highest BCUT2D eigenvalue weighted by Gasteiger charge is 2.20. The molecular weight excluding hydrogens is 328 g/mol. The van der Waals surface area contributed by atoms with E-state index in [2.05, 4.69) is 15.2 Å². The fourth-order valence-electron chi connectivity index (χ4n) is 2.83. The predicted octanol–water partition coefficient (Wildman–Crippen LogP) is 2.32. The van der Waals surface area contributed by atoms with Gasteiger partial charge in [0.05, 0.1) is 5.57 Å². The first-order valence-corrected chi connectivity index (χ1v) is 8.62. The zero-order valence-corrected chi connectivity index (χ0v) is 14.8. The Morgan fingerprint density at radius 2 is 1.69 bits per heavy atom. The molecule has 0 spiro atoms. The smallest absolute Gasteiger partial charge is 0.260 e. The van der Waals surface area contributed by atoms with Crippen LogP contribution in [0.3, 0.4) is 0 Å². The molecule has 1 fully saturated rings. The average molecular weight is 350 g/mol. The Balaban J connectivity index is 1.64. The summed E-state index contributed by atoms with van der Waals surface area (Å²) in [5.41, 5.74) is 0.838. The lowest BCUT2D eigenvalue weighted by Crippen LogP contribution is -2.45. The molecule has 1 amide bonds. The number of pyridine rings is 1. The van der Waals surface area contributed by atoms with Crippen LogP contribution in [0.4, 0.5) is 11.5 Å². The molecule has 0 atom stereocenters. The Labute approximate surface area is 153 Å². The van der Waals surface area contributed by atoms with Crippen molar-refractivity contribution >= 4 is 23.2 Å². The van der Waals surface area contributed by atoms with E-state index in [-0.39, 0.29) is 17.3 Å². The highest BCUT2D eigenvalue weighted by molar-refractivity contribution is 6.22. The van der Waals surface area contributed by atoms with Gasteiger partial charge >= 0.3 is 0 Å². The van der Waals surface area contributed by atoms with Crippen molar-refractivity contribution in [3.05, 3.63) is 66.5 Å². The van der Waals surface area contributed by atoms with Crippen molar-refractivity contribution in [2.24, 2.45) is 0 Å². The lowest BCUT2D eigenvalue weighted by atomic mass is 10.1. The summed E-state index contributed by atoms with van der Waals surface area (Å²) in [6.07, 6.45) is 3.46. The van der Waals surface area contributed by atoms with Crippen molar-refractivity contribution in [1.82, 2.24) is 9.88 Å². The molecule has 0 aliphatic carbocycles. The molecule has 2 heterocycles. The van der Waals surface area contributed by atoms with Gasteiger partial charge in [-0.05, 0) is 31.2 Å². The van der Waals surface area contributed by atoms with Gasteiger partial charge in [0.25, 0.3) is 5.91 Å². The van der Waals surface area contributed by atoms with Gasteiger partial charge in [-0.25, -0.2) is 4.98 Å². The molecule has 1 aliphatic rings. The first kappa shape index (κ1) is 17.7. The molecular formula is C20H22N4O2. The zero-order chi connectivity index (χ0) is 18.4. The largest absolute Gasteiger partial charge is 0.373 e. The predicted molar refractivity (Wildman–Crippen MR) is 102 cm³/mol. The number of Topliss-reactive ketones (excluding diaryl/α,β-unsaturated/α-hetero) is 1. The third kappa shape index (κ3) is 4.47. The number of anilines is 2. The molecule has 0 saturated carbocycles. The number of amides is 1. The molecule has 26 heavy (non-hydrogen) atoms. The lowest BCUT2D eigenvalue weighted by molar-refractivity contribution is -0.119. The number of nitrogens with one attached hydrogen (secondary N) is 1. The Morgan fingerprint density at radius 1 is 1.00 bits per heavy atom. The van der Waals surface area contributed by atoms with E-state index in [9.17, 15) is 9.59 Å². The Bertz CT molecular complexity index is 782. The van der Waals surface area contributed by atoms with Crippen LogP contribution in [0.25, 0.3) is 0 Å². The second-order valence-corrected chi connectivity index (χ2v) is 6.13. The normalized spacial score (nSPS) is 14.9. The van der Waals surface area contributed by atoms with E-state index in [4.69, 9.17) is 0 Å². The molecule has 1 aromatic carbocycles. The summed E-state index contributed by atoms with van der Waals surface area (Å²) in [7, 11) is 0. The van der Waals surface area contributed by atoms with Crippen LogP contribution >= 0.6 is 0 Å². The summed E-state index contributed by atoms with van der Waals surface area (Å²) < 4.78 is 0. The maximum Gasteiger partial charge on any atom is 0.260 e. The van der Waals surface area contributed by atoms with E-state index in [0.29, 0.717) is 5.69 Å². The maximum absolute atomic E-state index is 12.5. The fraction of sp³-hybridized carbons (Fsp3) is 0.250. The van der Waals surface area contributed by atoms with Gasteiger partial charge in [0.15, 0.2) is 5.78 Å². The molecule has 6 nitrogen and oxygen atoms in total. The summed E-state index contributed by atoms with van der Waals surface area (Å²) in [5.74, 6) is 0.325. The minimum absolute atomic E-state index is 0.167. The molecule has 0 radical (unpaired) electrons. The number of carbonyl (C=O) groups excluding carboxylic acids is 2. The Kier molecular flexibility index (Phi) is 5.63. The number of carbonyl (C=O) groups is 2. The van der Waals surface area contributed by atoms with Gasteiger partial charge in [-0.15, -0.1) is 0 Å². The Hall–Kier alpha value is -3.15. The second-order valence-electron chi connectivity index (χ2n) is 6.13. The van der Waals surface area contributed by atoms with E-state index in [1.807, 2.05) is 41.3 Å². The van der Waals surface area contributed by atoms with Crippen LogP contribution < -0.4 is 10.2 Å². The van der Waals surface area contributed by atoms with Gasteiger partial charge in [-0.1, -0.05) is 24.3 Å². The molecule has 6 heteroatoms. The zero-order valence-electron chi connectivity index (χ0n) is 14.8. The fourth-order valence-corrected chi connectivity index (χ4v) is 2.83. The first-order chi connectivity index (χ1) is 12.6. The summed E-state index contributed by atoms with van der Waals surface area (Å²) in [4.78, 5) is 33.0. The van der Waals surface area contributed by atoms with Crippen molar-refractivity contribution in [2.45, 2.75) is 6.92 Å². The molecule has 1 N–H and O–H groups in total. The number of hydrogen-bond acceptors (Lipinski definition) is 5. The molecule has 0 bridgehead atoms. The van der Waals surface area contributed by atoms with Crippen LogP contribution in [0.5, 0.6) is 0 Å². The van der Waals surface area contributed by atoms with Crippen molar-refractivity contribution in [3.8, 4) is 0 Å². The van der Waals surface area contributed by atoms with Crippen LogP contribution in [0, 0.1) is 0 Å². The summed E-state index contributed by atoms with van der Waals surface area (Å²) in [6, 6.07) is 15.0. The van der Waals surface area contributed by atoms with Gasteiger partial charge < -0.3 is 15.1 Å². The number of rotatable bonds is 5. The number of benzene rings is 1. The van der Waals surface area contributed by atoms with Crippen molar-refractivity contribution in [1.29, 1.82) is 0 Å². The van der Waals surface area contributed by atoms with E-state index in [1.165, 1.54) is 6.92 Å². The quantitative estimate of drug-likeness (QED) is 0.509. The van der Waals surface area contributed by atoms with E-state index in [0.717, 1.165) is 32.0 Å². The van der Waals surface area contributed by atoms with Crippen LogP contribution in [-0.2, 0) is 9.59 Å². The number of nitrogens with zero attached hydrogens (tertiary/aromatic N) is 3. The van der Waals surface area contributed by atoms with Crippen LogP contribution in [0.15, 0.2) is 66.5 Å². The molecule has 134 valence electrons. The van der Waals surface area contributed by atoms with Crippen molar-refractivity contribution < 1.29 is 9.59 Å². The van der Waals surface area contributed by atoms with E-state index < -0.39 is 0 Å². The maximum atomic E-state index is 12.5. The molecule has 1 aromatic heterocycles. The molecule has 1 saturated heterocycles.